The van der Waals surface area contributed by atoms with Crippen LogP contribution >= 0.6 is 11.6 Å². The monoisotopic (exact) mass is 420 g/mol. The first-order valence-corrected chi connectivity index (χ1v) is 9.85. The Hall–Kier alpha value is -2.26. The summed E-state index contributed by atoms with van der Waals surface area (Å²) < 4.78 is 63.9. The van der Waals surface area contributed by atoms with Crippen molar-refractivity contribution >= 4 is 38.9 Å². The number of nitrogens with one attached hydrogen (secondary N) is 1. The zero-order valence-electron chi connectivity index (χ0n) is 14.3. The average Bonchev–Trinajstić information content (AvgIpc) is 2.53. The summed E-state index contributed by atoms with van der Waals surface area (Å²) in [6.07, 6.45) is -3.83. The maximum atomic E-state index is 13.0. The molecule has 2 aromatic carbocycles. The molecular formula is C17H16ClF3N2O3S. The van der Waals surface area contributed by atoms with E-state index in [2.05, 4.69) is 5.32 Å². The summed E-state index contributed by atoms with van der Waals surface area (Å²) >= 11 is 5.83. The van der Waals surface area contributed by atoms with Crippen LogP contribution in [0, 0.1) is 0 Å². The number of anilines is 2. The molecule has 27 heavy (non-hydrogen) atoms. The smallest absolute Gasteiger partial charge is 0.324 e. The molecule has 1 amide bonds. The summed E-state index contributed by atoms with van der Waals surface area (Å²) in [5.41, 5.74) is -0.950. The Morgan fingerprint density at radius 3 is 2.33 bits per heavy atom. The van der Waals surface area contributed by atoms with Crippen LogP contribution < -0.4 is 9.62 Å². The quantitative estimate of drug-likeness (QED) is 0.790. The fourth-order valence-electron chi connectivity index (χ4n) is 2.44. The number of benzene rings is 2. The minimum Gasteiger partial charge on any atom is -0.324 e. The maximum Gasteiger partial charge on any atom is 0.416 e. The number of sulfonamides is 1. The predicted octanol–water partition coefficient (Wildman–Crippen LogP) is 4.15. The van der Waals surface area contributed by atoms with E-state index in [1.54, 1.807) is 18.2 Å². The van der Waals surface area contributed by atoms with Gasteiger partial charge in [0.25, 0.3) is 0 Å². The van der Waals surface area contributed by atoms with Crippen LogP contribution in [0.25, 0.3) is 0 Å². The predicted molar refractivity (Wildman–Crippen MR) is 98.3 cm³/mol. The van der Waals surface area contributed by atoms with Crippen LogP contribution in [0.15, 0.2) is 48.5 Å². The van der Waals surface area contributed by atoms with Gasteiger partial charge >= 0.3 is 6.18 Å². The van der Waals surface area contributed by atoms with Crippen molar-refractivity contribution in [1.82, 2.24) is 0 Å². The molecule has 0 radical (unpaired) electrons. The number of carbonyl (C=O) groups excluding carboxylic acids is 1. The van der Waals surface area contributed by atoms with E-state index in [0.717, 1.165) is 18.4 Å². The van der Waals surface area contributed by atoms with Gasteiger partial charge in [0.05, 0.1) is 17.5 Å². The van der Waals surface area contributed by atoms with Gasteiger partial charge in [-0.15, -0.1) is 0 Å². The van der Waals surface area contributed by atoms with E-state index in [0.29, 0.717) is 21.1 Å². The van der Waals surface area contributed by atoms with E-state index >= 15 is 0 Å². The minimum atomic E-state index is -4.65. The zero-order valence-corrected chi connectivity index (χ0v) is 15.9. The van der Waals surface area contributed by atoms with Crippen molar-refractivity contribution in [2.24, 2.45) is 0 Å². The Bertz CT molecular complexity index is 948. The molecule has 0 heterocycles. The Labute approximate surface area is 159 Å². The highest BCUT2D eigenvalue weighted by atomic mass is 35.5. The second-order valence-electron chi connectivity index (χ2n) is 5.78. The number of alkyl halides is 3. The molecular weight excluding hydrogens is 405 g/mol. The van der Waals surface area contributed by atoms with Crippen LogP contribution in [-0.2, 0) is 21.0 Å². The van der Waals surface area contributed by atoms with Crippen LogP contribution in [-0.4, -0.2) is 26.6 Å². The first-order chi connectivity index (χ1) is 12.4. The van der Waals surface area contributed by atoms with Gasteiger partial charge in [0.2, 0.25) is 15.9 Å². The van der Waals surface area contributed by atoms with Crippen molar-refractivity contribution in [3.63, 3.8) is 0 Å². The summed E-state index contributed by atoms with van der Waals surface area (Å²) in [4.78, 5) is 12.5. The summed E-state index contributed by atoms with van der Waals surface area (Å²) in [6.45, 7) is 1.28. The standard InChI is InChI=1S/C17H16ClF3N2O3S/c1-11(16(24)22-14-7-4-6-13(18)10-14)23(27(2,25)26)15-8-3-5-12(9-15)17(19,20)21/h3-11H,1-2H3,(H,22,24)/t11-/m1/s1. The van der Waals surface area contributed by atoms with Crippen LogP contribution in [0.3, 0.4) is 0 Å². The van der Waals surface area contributed by atoms with Gasteiger partial charge < -0.3 is 5.32 Å². The Morgan fingerprint density at radius 1 is 1.15 bits per heavy atom. The van der Waals surface area contributed by atoms with E-state index in [9.17, 15) is 26.4 Å². The Kier molecular flexibility index (Phi) is 6.06. The number of nitrogens with zero attached hydrogens (tertiary/aromatic N) is 1. The average molecular weight is 421 g/mol. The van der Waals surface area contributed by atoms with E-state index in [1.165, 1.54) is 19.1 Å². The van der Waals surface area contributed by atoms with Gasteiger partial charge in [0, 0.05) is 10.7 Å². The molecule has 2 rings (SSSR count). The highest BCUT2D eigenvalue weighted by Crippen LogP contribution is 2.33. The summed E-state index contributed by atoms with van der Waals surface area (Å²) in [7, 11) is -4.05. The summed E-state index contributed by atoms with van der Waals surface area (Å²) in [5.74, 6) is -0.722. The highest BCUT2D eigenvalue weighted by Gasteiger charge is 2.34. The molecule has 0 spiro atoms. The second-order valence-corrected chi connectivity index (χ2v) is 8.08. The molecule has 10 heteroatoms. The van der Waals surface area contributed by atoms with Gasteiger partial charge in [-0.25, -0.2) is 8.42 Å². The molecule has 0 aliphatic carbocycles. The molecule has 1 atom stereocenters. The van der Waals surface area contributed by atoms with E-state index < -0.39 is 33.7 Å². The molecule has 0 aliphatic rings. The number of rotatable bonds is 5. The highest BCUT2D eigenvalue weighted by molar-refractivity contribution is 7.92. The topological polar surface area (TPSA) is 66.5 Å². The Morgan fingerprint density at radius 2 is 1.78 bits per heavy atom. The first-order valence-electron chi connectivity index (χ1n) is 7.62. The zero-order chi connectivity index (χ0) is 20.4. The van der Waals surface area contributed by atoms with Crippen molar-refractivity contribution in [2.75, 3.05) is 15.9 Å². The molecule has 5 nitrogen and oxygen atoms in total. The third kappa shape index (κ3) is 5.36. The summed E-state index contributed by atoms with van der Waals surface area (Å²) in [5, 5.41) is 2.86. The lowest BCUT2D eigenvalue weighted by atomic mass is 10.1. The molecule has 146 valence electrons. The fraction of sp³-hybridized carbons (Fsp3) is 0.235. The molecule has 2 aromatic rings. The molecule has 0 bridgehead atoms. The van der Waals surface area contributed by atoms with Gasteiger partial charge in [0.1, 0.15) is 6.04 Å². The van der Waals surface area contributed by atoms with Crippen molar-refractivity contribution in [2.45, 2.75) is 19.1 Å². The van der Waals surface area contributed by atoms with E-state index in [4.69, 9.17) is 11.6 Å². The second kappa shape index (κ2) is 7.77. The number of hydrogen-bond acceptors (Lipinski definition) is 3. The molecule has 1 N–H and O–H groups in total. The third-order valence-electron chi connectivity index (χ3n) is 3.61. The SMILES string of the molecule is C[C@H](C(=O)Nc1cccc(Cl)c1)N(c1cccc(C(F)(F)F)c1)S(C)(=O)=O. The van der Waals surface area contributed by atoms with Crippen molar-refractivity contribution < 1.29 is 26.4 Å². The van der Waals surface area contributed by atoms with Gasteiger partial charge in [-0.05, 0) is 43.3 Å². The fourth-order valence-corrected chi connectivity index (χ4v) is 3.80. The molecule has 0 aromatic heterocycles. The van der Waals surface area contributed by atoms with Crippen LogP contribution in [0.5, 0.6) is 0 Å². The van der Waals surface area contributed by atoms with Crippen LogP contribution in [0.4, 0.5) is 24.5 Å². The lowest BCUT2D eigenvalue weighted by molar-refractivity contribution is -0.137. The van der Waals surface area contributed by atoms with Gasteiger partial charge in [-0.3, -0.25) is 9.10 Å². The minimum absolute atomic E-state index is 0.263. The molecule has 0 unspecified atom stereocenters. The lowest BCUT2D eigenvalue weighted by Crippen LogP contribution is -2.45. The largest absolute Gasteiger partial charge is 0.416 e. The number of hydrogen-bond donors (Lipinski definition) is 1. The van der Waals surface area contributed by atoms with Gasteiger partial charge in [-0.1, -0.05) is 23.7 Å². The van der Waals surface area contributed by atoms with E-state index in [-0.39, 0.29) is 5.69 Å². The van der Waals surface area contributed by atoms with E-state index in [1.807, 2.05) is 0 Å². The molecule has 0 fully saturated rings. The van der Waals surface area contributed by atoms with Crippen molar-refractivity contribution in [1.29, 1.82) is 0 Å². The summed E-state index contributed by atoms with van der Waals surface area (Å²) in [6, 6.07) is 8.66. The maximum absolute atomic E-state index is 13.0. The van der Waals surface area contributed by atoms with Gasteiger partial charge in [-0.2, -0.15) is 13.2 Å². The van der Waals surface area contributed by atoms with Crippen LogP contribution in [0.1, 0.15) is 12.5 Å². The van der Waals surface area contributed by atoms with Crippen molar-refractivity contribution in [3.8, 4) is 0 Å². The molecule has 0 aliphatic heterocycles. The van der Waals surface area contributed by atoms with Crippen molar-refractivity contribution in [3.05, 3.63) is 59.1 Å². The first kappa shape index (κ1) is 21.0. The lowest BCUT2D eigenvalue weighted by Gasteiger charge is -2.28. The number of halogens is 4. The number of amides is 1. The molecule has 0 saturated carbocycles. The number of carbonyl (C=O) groups is 1. The molecule has 0 saturated heterocycles. The normalized spacial score (nSPS) is 13.1. The van der Waals surface area contributed by atoms with Gasteiger partial charge in [0.15, 0.2) is 0 Å². The Balaban J connectivity index is 2.38. The van der Waals surface area contributed by atoms with Crippen LogP contribution in [0.2, 0.25) is 5.02 Å². The third-order valence-corrected chi connectivity index (χ3v) is 5.09.